The summed E-state index contributed by atoms with van der Waals surface area (Å²) < 4.78 is 0. The van der Waals surface area contributed by atoms with Gasteiger partial charge >= 0.3 is 0 Å². The molecule has 0 radical (unpaired) electrons. The van der Waals surface area contributed by atoms with Crippen LogP contribution in [0.5, 0.6) is 0 Å². The van der Waals surface area contributed by atoms with Crippen LogP contribution in [0.25, 0.3) is 0 Å². The first-order valence-electron chi connectivity index (χ1n) is 11.4. The van der Waals surface area contributed by atoms with Crippen LogP contribution < -0.4 is 5.32 Å². The van der Waals surface area contributed by atoms with Crippen LogP contribution in [0.15, 0.2) is 24.3 Å². The molecule has 1 aromatic carbocycles. The zero-order chi connectivity index (χ0) is 21.0. The van der Waals surface area contributed by atoms with Crippen molar-refractivity contribution in [1.82, 2.24) is 15.1 Å². The Kier molecular flexibility index (Phi) is 8.00. The number of nitrogens with one attached hydrogen (secondary N) is 1. The van der Waals surface area contributed by atoms with E-state index in [-0.39, 0.29) is 6.04 Å². The highest BCUT2D eigenvalue weighted by Crippen LogP contribution is 2.33. The molecule has 4 nitrogen and oxygen atoms in total. The van der Waals surface area contributed by atoms with Gasteiger partial charge in [0.15, 0.2) is 0 Å². The third kappa shape index (κ3) is 5.74. The lowest BCUT2D eigenvalue weighted by molar-refractivity contribution is -0.139. The van der Waals surface area contributed by atoms with Crippen molar-refractivity contribution < 1.29 is 4.79 Å². The fourth-order valence-corrected chi connectivity index (χ4v) is 5.22. The Balaban J connectivity index is 1.71. The van der Waals surface area contributed by atoms with Gasteiger partial charge in [-0.3, -0.25) is 9.69 Å². The number of halogens is 1. The van der Waals surface area contributed by atoms with Gasteiger partial charge < -0.3 is 10.2 Å². The summed E-state index contributed by atoms with van der Waals surface area (Å²) in [5.41, 5.74) is 1.32. The fourth-order valence-electron chi connectivity index (χ4n) is 5.09. The molecule has 2 saturated heterocycles. The standard InChI is InChI=1S/C24H38ClN3O/c1-17(2)22-16-27(24(18(3)4)20-5-7-21(25)8-6-20)13-14-28(22)23(29)15-19-9-11-26-12-10-19/h5-8,17-19,22,24,26H,9-16H2,1-4H3/t22-,24?/m1/s1. The van der Waals surface area contributed by atoms with E-state index < -0.39 is 0 Å². The van der Waals surface area contributed by atoms with Crippen molar-refractivity contribution in [3.8, 4) is 0 Å². The van der Waals surface area contributed by atoms with Crippen LogP contribution in [0.4, 0.5) is 0 Å². The van der Waals surface area contributed by atoms with E-state index in [1.54, 1.807) is 0 Å². The number of benzene rings is 1. The van der Waals surface area contributed by atoms with Gasteiger partial charge in [-0.2, -0.15) is 0 Å². The summed E-state index contributed by atoms with van der Waals surface area (Å²) in [6, 6.07) is 8.94. The number of nitrogens with zero attached hydrogens (tertiary/aromatic N) is 2. The lowest BCUT2D eigenvalue weighted by Gasteiger charge is -2.47. The molecule has 2 aliphatic heterocycles. The van der Waals surface area contributed by atoms with Crippen LogP contribution in [0.3, 0.4) is 0 Å². The monoisotopic (exact) mass is 419 g/mol. The topological polar surface area (TPSA) is 35.6 Å². The summed E-state index contributed by atoms with van der Waals surface area (Å²) in [4.78, 5) is 18.0. The van der Waals surface area contributed by atoms with Crippen LogP contribution >= 0.6 is 11.6 Å². The van der Waals surface area contributed by atoms with E-state index in [9.17, 15) is 4.79 Å². The maximum absolute atomic E-state index is 13.2. The van der Waals surface area contributed by atoms with Crippen molar-refractivity contribution >= 4 is 17.5 Å². The van der Waals surface area contributed by atoms with Crippen molar-refractivity contribution in [2.24, 2.45) is 17.8 Å². The van der Waals surface area contributed by atoms with Gasteiger partial charge in [0.25, 0.3) is 0 Å². The van der Waals surface area contributed by atoms with Gasteiger partial charge in [0.2, 0.25) is 5.91 Å². The largest absolute Gasteiger partial charge is 0.337 e. The predicted molar refractivity (Wildman–Crippen MR) is 121 cm³/mol. The fraction of sp³-hybridized carbons (Fsp3) is 0.708. The SMILES string of the molecule is CC(C)C(c1ccc(Cl)cc1)N1CCN(C(=O)CC2CCNCC2)[C@@H](C(C)C)C1. The maximum Gasteiger partial charge on any atom is 0.223 e. The first kappa shape index (κ1) is 22.6. The van der Waals surface area contributed by atoms with Gasteiger partial charge in [-0.1, -0.05) is 51.4 Å². The molecule has 2 aliphatic rings. The number of amides is 1. The van der Waals surface area contributed by atoms with Crippen molar-refractivity contribution in [1.29, 1.82) is 0 Å². The van der Waals surface area contributed by atoms with E-state index in [1.807, 2.05) is 12.1 Å². The Morgan fingerprint density at radius 2 is 1.76 bits per heavy atom. The number of piperazine rings is 1. The molecule has 2 heterocycles. The van der Waals surface area contributed by atoms with Crippen LogP contribution in [-0.4, -0.2) is 54.5 Å². The van der Waals surface area contributed by atoms with E-state index in [4.69, 9.17) is 11.6 Å². The number of hydrogen-bond donors (Lipinski definition) is 1. The van der Waals surface area contributed by atoms with Crippen molar-refractivity contribution in [3.05, 3.63) is 34.9 Å². The van der Waals surface area contributed by atoms with Crippen LogP contribution in [0, 0.1) is 17.8 Å². The number of carbonyl (C=O) groups is 1. The zero-order valence-electron chi connectivity index (χ0n) is 18.5. The van der Waals surface area contributed by atoms with E-state index in [2.05, 4.69) is 54.9 Å². The highest BCUT2D eigenvalue weighted by Gasteiger charge is 2.36. The number of piperidine rings is 1. The molecule has 0 bridgehead atoms. The minimum absolute atomic E-state index is 0.284. The van der Waals surface area contributed by atoms with Crippen molar-refractivity contribution in [3.63, 3.8) is 0 Å². The summed E-state index contributed by atoms with van der Waals surface area (Å²) in [5.74, 6) is 1.86. The van der Waals surface area contributed by atoms with Gasteiger partial charge in [0.1, 0.15) is 0 Å². The van der Waals surface area contributed by atoms with Gasteiger partial charge in [-0.15, -0.1) is 0 Å². The quantitative estimate of drug-likeness (QED) is 0.732. The Labute approximate surface area is 182 Å². The smallest absolute Gasteiger partial charge is 0.223 e. The Bertz CT molecular complexity index is 655. The molecule has 5 heteroatoms. The van der Waals surface area contributed by atoms with E-state index in [1.165, 1.54) is 5.56 Å². The third-order valence-corrected chi connectivity index (χ3v) is 6.95. The molecule has 2 atom stereocenters. The lowest BCUT2D eigenvalue weighted by Crippen LogP contribution is -2.58. The molecule has 29 heavy (non-hydrogen) atoms. The first-order chi connectivity index (χ1) is 13.9. The second kappa shape index (κ2) is 10.3. The minimum Gasteiger partial charge on any atom is -0.337 e. The zero-order valence-corrected chi connectivity index (χ0v) is 19.3. The maximum atomic E-state index is 13.2. The third-order valence-electron chi connectivity index (χ3n) is 6.70. The molecular weight excluding hydrogens is 382 g/mol. The highest BCUT2D eigenvalue weighted by atomic mass is 35.5. The molecule has 0 saturated carbocycles. The molecule has 1 amide bonds. The molecule has 162 valence electrons. The number of rotatable bonds is 6. The van der Waals surface area contributed by atoms with Gasteiger partial charge in [-0.25, -0.2) is 0 Å². The van der Waals surface area contributed by atoms with Gasteiger partial charge in [-0.05, 0) is 61.4 Å². The van der Waals surface area contributed by atoms with E-state index in [0.29, 0.717) is 29.7 Å². The van der Waals surface area contributed by atoms with Crippen LogP contribution in [0.1, 0.15) is 58.6 Å². The minimum atomic E-state index is 0.284. The Morgan fingerprint density at radius 3 is 2.34 bits per heavy atom. The lowest BCUT2D eigenvalue weighted by atomic mass is 9.90. The molecule has 2 fully saturated rings. The van der Waals surface area contributed by atoms with Crippen LogP contribution in [0.2, 0.25) is 5.02 Å². The molecule has 1 N–H and O–H groups in total. The summed E-state index contributed by atoms with van der Waals surface area (Å²) >= 11 is 6.12. The predicted octanol–water partition coefficient (Wildman–Crippen LogP) is 4.60. The summed E-state index contributed by atoms with van der Waals surface area (Å²) in [6.45, 7) is 13.9. The second-order valence-corrected chi connectivity index (χ2v) is 9.97. The highest BCUT2D eigenvalue weighted by molar-refractivity contribution is 6.30. The Hall–Kier alpha value is -1.10. The van der Waals surface area contributed by atoms with E-state index >= 15 is 0 Å². The van der Waals surface area contributed by atoms with Gasteiger partial charge in [0.05, 0.1) is 0 Å². The molecule has 0 aliphatic carbocycles. The normalized spacial score (nSPS) is 23.0. The Morgan fingerprint density at radius 1 is 1.10 bits per heavy atom. The molecule has 1 aromatic rings. The molecule has 0 aromatic heterocycles. The molecule has 1 unspecified atom stereocenters. The second-order valence-electron chi connectivity index (χ2n) is 9.53. The molecular formula is C24H38ClN3O. The van der Waals surface area contributed by atoms with Crippen LogP contribution in [-0.2, 0) is 4.79 Å². The first-order valence-corrected chi connectivity index (χ1v) is 11.7. The summed E-state index contributed by atoms with van der Waals surface area (Å²) in [6.07, 6.45) is 2.98. The number of carbonyl (C=O) groups excluding carboxylic acids is 1. The summed E-state index contributed by atoms with van der Waals surface area (Å²) in [5, 5.41) is 4.18. The number of hydrogen-bond acceptors (Lipinski definition) is 3. The van der Waals surface area contributed by atoms with Crippen molar-refractivity contribution in [2.75, 3.05) is 32.7 Å². The molecule has 3 rings (SSSR count). The van der Waals surface area contributed by atoms with Crippen molar-refractivity contribution in [2.45, 2.75) is 59.0 Å². The average Bonchev–Trinajstić information content (AvgIpc) is 2.70. The summed E-state index contributed by atoms with van der Waals surface area (Å²) in [7, 11) is 0. The van der Waals surface area contributed by atoms with E-state index in [0.717, 1.165) is 57.0 Å². The molecule has 0 spiro atoms. The van der Waals surface area contributed by atoms with Gasteiger partial charge in [0, 0.05) is 43.2 Å². The average molecular weight is 420 g/mol.